The van der Waals surface area contributed by atoms with Gasteiger partial charge in [-0.3, -0.25) is 4.79 Å². The van der Waals surface area contributed by atoms with E-state index in [0.717, 1.165) is 0 Å². The summed E-state index contributed by atoms with van der Waals surface area (Å²) in [5, 5.41) is 11.4. The molecule has 0 aromatic carbocycles. The van der Waals surface area contributed by atoms with Crippen LogP contribution in [0.1, 0.15) is 26.0 Å². The van der Waals surface area contributed by atoms with Crippen molar-refractivity contribution in [3.8, 4) is 0 Å². The monoisotopic (exact) mass is 254 g/mol. The summed E-state index contributed by atoms with van der Waals surface area (Å²) in [6.45, 7) is 3.67. The molecule has 2 amide bonds. The molecule has 1 rings (SSSR count). The topological polar surface area (TPSA) is 82.8 Å². The third kappa shape index (κ3) is 4.48. The lowest BCUT2D eigenvalue weighted by Gasteiger charge is -2.27. The van der Waals surface area contributed by atoms with Gasteiger partial charge in [0.05, 0.1) is 19.2 Å². The Morgan fingerprint density at radius 2 is 2.17 bits per heavy atom. The van der Waals surface area contributed by atoms with Gasteiger partial charge >= 0.3 is 12.0 Å². The van der Waals surface area contributed by atoms with Crippen molar-refractivity contribution in [1.29, 1.82) is 0 Å². The highest BCUT2D eigenvalue weighted by atomic mass is 16.4. The summed E-state index contributed by atoms with van der Waals surface area (Å²) in [6.07, 6.45) is 1.41. The fourth-order valence-corrected chi connectivity index (χ4v) is 1.52. The predicted molar refractivity (Wildman–Crippen MR) is 65.0 cm³/mol. The molecule has 0 aliphatic carbocycles. The van der Waals surface area contributed by atoms with E-state index in [9.17, 15) is 9.59 Å². The average molecular weight is 254 g/mol. The maximum absolute atomic E-state index is 11.8. The quantitative estimate of drug-likeness (QED) is 0.837. The SMILES string of the molecule is CN(Cc1ccco1)C(=O)NC(C)(C)CC(=O)O. The number of hydrogen-bond acceptors (Lipinski definition) is 3. The Labute approximate surface area is 106 Å². The van der Waals surface area contributed by atoms with E-state index in [2.05, 4.69) is 5.32 Å². The van der Waals surface area contributed by atoms with Gasteiger partial charge in [0, 0.05) is 12.6 Å². The molecule has 0 fully saturated rings. The zero-order valence-electron chi connectivity index (χ0n) is 10.8. The summed E-state index contributed by atoms with van der Waals surface area (Å²) < 4.78 is 5.13. The van der Waals surface area contributed by atoms with Crippen LogP contribution in [-0.2, 0) is 11.3 Å². The summed E-state index contributed by atoms with van der Waals surface area (Å²) in [6, 6.07) is 3.18. The van der Waals surface area contributed by atoms with Gasteiger partial charge in [0.25, 0.3) is 0 Å². The van der Waals surface area contributed by atoms with Crippen molar-refractivity contribution in [3.05, 3.63) is 24.2 Å². The smallest absolute Gasteiger partial charge is 0.317 e. The van der Waals surface area contributed by atoms with Gasteiger partial charge in [-0.2, -0.15) is 0 Å². The number of nitrogens with one attached hydrogen (secondary N) is 1. The van der Waals surface area contributed by atoms with Crippen molar-refractivity contribution in [2.75, 3.05) is 7.05 Å². The van der Waals surface area contributed by atoms with E-state index in [-0.39, 0.29) is 12.5 Å². The third-order valence-electron chi connectivity index (χ3n) is 2.36. The van der Waals surface area contributed by atoms with Gasteiger partial charge in [-0.15, -0.1) is 0 Å². The minimum absolute atomic E-state index is 0.132. The van der Waals surface area contributed by atoms with E-state index in [1.165, 1.54) is 11.2 Å². The number of urea groups is 1. The van der Waals surface area contributed by atoms with Crippen LogP contribution < -0.4 is 5.32 Å². The molecule has 0 spiro atoms. The molecule has 0 aliphatic rings. The Morgan fingerprint density at radius 1 is 1.50 bits per heavy atom. The van der Waals surface area contributed by atoms with E-state index in [1.807, 2.05) is 0 Å². The Hall–Kier alpha value is -1.98. The maximum Gasteiger partial charge on any atom is 0.317 e. The minimum Gasteiger partial charge on any atom is -0.481 e. The van der Waals surface area contributed by atoms with Crippen LogP contribution in [0.3, 0.4) is 0 Å². The number of carbonyl (C=O) groups is 2. The molecule has 0 saturated carbocycles. The highest BCUT2D eigenvalue weighted by molar-refractivity contribution is 5.76. The molecule has 0 saturated heterocycles. The van der Waals surface area contributed by atoms with Crippen molar-refractivity contribution >= 4 is 12.0 Å². The number of amides is 2. The fraction of sp³-hybridized carbons (Fsp3) is 0.500. The van der Waals surface area contributed by atoms with E-state index in [1.54, 1.807) is 33.0 Å². The van der Waals surface area contributed by atoms with Gasteiger partial charge in [0.2, 0.25) is 0 Å². The molecular weight excluding hydrogens is 236 g/mol. The van der Waals surface area contributed by atoms with Crippen molar-refractivity contribution in [2.24, 2.45) is 0 Å². The number of aliphatic carboxylic acids is 1. The predicted octanol–water partition coefficient (Wildman–Crippen LogP) is 1.67. The highest BCUT2D eigenvalue weighted by Crippen LogP contribution is 2.10. The van der Waals surface area contributed by atoms with Crippen molar-refractivity contribution in [3.63, 3.8) is 0 Å². The molecule has 0 atom stereocenters. The van der Waals surface area contributed by atoms with E-state index < -0.39 is 11.5 Å². The molecular formula is C12H18N2O4. The van der Waals surface area contributed by atoms with Crippen LogP contribution in [0.5, 0.6) is 0 Å². The first kappa shape index (κ1) is 14.1. The largest absolute Gasteiger partial charge is 0.481 e. The Balaban J connectivity index is 2.51. The molecule has 0 unspecified atom stereocenters. The number of nitrogens with zero attached hydrogens (tertiary/aromatic N) is 1. The maximum atomic E-state index is 11.8. The van der Waals surface area contributed by atoms with Crippen molar-refractivity contribution < 1.29 is 19.1 Å². The van der Waals surface area contributed by atoms with Crippen LogP contribution in [0.2, 0.25) is 0 Å². The normalized spacial score (nSPS) is 11.1. The number of carbonyl (C=O) groups excluding carboxylic acids is 1. The average Bonchev–Trinajstić information content (AvgIpc) is 2.67. The lowest BCUT2D eigenvalue weighted by Crippen LogP contribution is -2.49. The highest BCUT2D eigenvalue weighted by Gasteiger charge is 2.25. The van der Waals surface area contributed by atoms with E-state index in [4.69, 9.17) is 9.52 Å². The molecule has 1 heterocycles. The lowest BCUT2D eigenvalue weighted by molar-refractivity contribution is -0.138. The molecule has 1 aromatic heterocycles. The van der Waals surface area contributed by atoms with Crippen LogP contribution in [0.15, 0.2) is 22.8 Å². The van der Waals surface area contributed by atoms with Crippen LogP contribution in [0.25, 0.3) is 0 Å². The van der Waals surface area contributed by atoms with Crippen LogP contribution in [0.4, 0.5) is 4.79 Å². The first-order chi connectivity index (χ1) is 8.30. The number of rotatable bonds is 5. The van der Waals surface area contributed by atoms with Gasteiger partial charge in [-0.25, -0.2) is 4.79 Å². The molecule has 6 heteroatoms. The molecule has 2 N–H and O–H groups in total. The Bertz CT molecular complexity index is 412. The van der Waals surface area contributed by atoms with Crippen LogP contribution in [-0.4, -0.2) is 34.6 Å². The minimum atomic E-state index is -0.950. The Morgan fingerprint density at radius 3 is 2.67 bits per heavy atom. The first-order valence-corrected chi connectivity index (χ1v) is 5.57. The number of carboxylic acids is 1. The van der Waals surface area contributed by atoms with Crippen molar-refractivity contribution in [2.45, 2.75) is 32.4 Å². The first-order valence-electron chi connectivity index (χ1n) is 5.57. The molecule has 0 bridgehead atoms. The zero-order chi connectivity index (χ0) is 13.8. The third-order valence-corrected chi connectivity index (χ3v) is 2.36. The summed E-state index contributed by atoms with van der Waals surface area (Å²) >= 11 is 0. The van der Waals surface area contributed by atoms with Gasteiger partial charge in [0.15, 0.2) is 0 Å². The van der Waals surface area contributed by atoms with E-state index in [0.29, 0.717) is 12.3 Å². The summed E-state index contributed by atoms with van der Waals surface area (Å²) in [5.74, 6) is -0.280. The molecule has 1 aromatic rings. The summed E-state index contributed by atoms with van der Waals surface area (Å²) in [4.78, 5) is 23.9. The van der Waals surface area contributed by atoms with Gasteiger partial charge < -0.3 is 19.7 Å². The number of carboxylic acid groups (broad SMARTS) is 1. The molecule has 18 heavy (non-hydrogen) atoms. The number of furan rings is 1. The second kappa shape index (κ2) is 5.57. The van der Waals surface area contributed by atoms with Crippen LogP contribution >= 0.6 is 0 Å². The summed E-state index contributed by atoms with van der Waals surface area (Å²) in [7, 11) is 1.62. The molecule has 6 nitrogen and oxygen atoms in total. The van der Waals surface area contributed by atoms with Gasteiger partial charge in [0.1, 0.15) is 5.76 Å². The number of hydrogen-bond donors (Lipinski definition) is 2. The summed E-state index contributed by atoms with van der Waals surface area (Å²) in [5.41, 5.74) is -0.791. The molecule has 0 aliphatic heterocycles. The van der Waals surface area contributed by atoms with Gasteiger partial charge in [-0.05, 0) is 26.0 Å². The molecule has 100 valence electrons. The fourth-order valence-electron chi connectivity index (χ4n) is 1.52. The lowest BCUT2D eigenvalue weighted by atomic mass is 10.0. The second-order valence-electron chi connectivity index (χ2n) is 4.82. The second-order valence-corrected chi connectivity index (χ2v) is 4.82. The van der Waals surface area contributed by atoms with Gasteiger partial charge in [-0.1, -0.05) is 0 Å². The van der Waals surface area contributed by atoms with Crippen molar-refractivity contribution in [1.82, 2.24) is 10.2 Å². The molecule has 0 radical (unpaired) electrons. The standard InChI is InChI=1S/C12H18N2O4/c1-12(2,7-10(15)16)13-11(17)14(3)8-9-5-4-6-18-9/h4-6H,7-8H2,1-3H3,(H,13,17)(H,15,16). The zero-order valence-corrected chi connectivity index (χ0v) is 10.8. The van der Waals surface area contributed by atoms with Crippen LogP contribution in [0, 0.1) is 0 Å². The Kier molecular flexibility index (Phi) is 4.36. The van der Waals surface area contributed by atoms with E-state index >= 15 is 0 Å².